The first-order valence-electron chi connectivity index (χ1n) is 6.60. The van der Waals surface area contributed by atoms with Crippen LogP contribution in [0.4, 0.5) is 0 Å². The van der Waals surface area contributed by atoms with E-state index in [4.69, 9.17) is 16.6 Å². The minimum Gasteiger partial charge on any atom is -0.396 e. The Morgan fingerprint density at radius 2 is 1.81 bits per heavy atom. The lowest BCUT2D eigenvalue weighted by Crippen LogP contribution is -2.50. The van der Waals surface area contributed by atoms with Crippen LogP contribution in [0.1, 0.15) is 26.2 Å². The second-order valence-electron chi connectivity index (χ2n) is 4.48. The van der Waals surface area contributed by atoms with Gasteiger partial charge in [0.2, 0.25) is 17.6 Å². The van der Waals surface area contributed by atoms with Crippen LogP contribution in [-0.2, 0) is 19.2 Å². The van der Waals surface area contributed by atoms with Crippen molar-refractivity contribution in [3.63, 3.8) is 0 Å². The van der Waals surface area contributed by atoms with Gasteiger partial charge in [-0.2, -0.15) is 0 Å². The quantitative estimate of drug-likeness (QED) is 0.272. The average molecular weight is 302 g/mol. The number of carbonyl (C=O) groups is 4. The summed E-state index contributed by atoms with van der Waals surface area (Å²) in [6.07, 6.45) is 0.996. The normalized spacial score (nSPS) is 13.1. The summed E-state index contributed by atoms with van der Waals surface area (Å²) in [5.74, 6) is -3.25. The lowest BCUT2D eigenvalue weighted by Gasteiger charge is -2.14. The number of ketones is 1. The molecule has 9 nitrogen and oxygen atoms in total. The summed E-state index contributed by atoms with van der Waals surface area (Å²) in [5.41, 5.74) is 10.5. The van der Waals surface area contributed by atoms with Crippen molar-refractivity contribution < 1.29 is 24.3 Å². The summed E-state index contributed by atoms with van der Waals surface area (Å²) in [7, 11) is 0. The Hall–Kier alpha value is -2.00. The van der Waals surface area contributed by atoms with Crippen LogP contribution in [0.3, 0.4) is 0 Å². The van der Waals surface area contributed by atoms with Gasteiger partial charge in [0.15, 0.2) is 0 Å². The van der Waals surface area contributed by atoms with E-state index in [1.807, 2.05) is 6.92 Å². The molecule has 0 rings (SSSR count). The molecule has 0 saturated heterocycles. The minimum absolute atomic E-state index is 0.0324. The van der Waals surface area contributed by atoms with Crippen LogP contribution in [0, 0.1) is 0 Å². The third-order valence-corrected chi connectivity index (χ3v) is 2.67. The first-order valence-corrected chi connectivity index (χ1v) is 6.60. The van der Waals surface area contributed by atoms with Crippen molar-refractivity contribution in [1.82, 2.24) is 10.6 Å². The highest BCUT2D eigenvalue weighted by molar-refractivity contribution is 6.38. The zero-order valence-corrected chi connectivity index (χ0v) is 11.9. The molecule has 0 aromatic heterocycles. The van der Waals surface area contributed by atoms with Gasteiger partial charge in [0.05, 0.1) is 12.6 Å². The molecule has 0 heterocycles. The fourth-order valence-corrected chi connectivity index (χ4v) is 1.52. The molecule has 2 unspecified atom stereocenters. The molecule has 7 N–H and O–H groups in total. The molecule has 0 aliphatic heterocycles. The highest BCUT2D eigenvalue weighted by Gasteiger charge is 2.22. The molecule has 9 heteroatoms. The van der Waals surface area contributed by atoms with E-state index in [-0.39, 0.29) is 13.0 Å². The number of Topliss-reactive ketones (excluding diaryl/α,β-unsaturated/α-hetero) is 1. The summed E-state index contributed by atoms with van der Waals surface area (Å²) in [6.45, 7) is 1.01. The van der Waals surface area contributed by atoms with Crippen LogP contribution < -0.4 is 22.1 Å². The summed E-state index contributed by atoms with van der Waals surface area (Å²) in [6, 6.07) is -1.93. The molecular weight excluding hydrogens is 280 g/mol. The lowest BCUT2D eigenvalue weighted by atomic mass is 10.1. The van der Waals surface area contributed by atoms with E-state index in [1.165, 1.54) is 0 Å². The van der Waals surface area contributed by atoms with Crippen LogP contribution in [0.2, 0.25) is 0 Å². The topological polar surface area (TPSA) is 165 Å². The van der Waals surface area contributed by atoms with Crippen molar-refractivity contribution >= 4 is 23.5 Å². The van der Waals surface area contributed by atoms with Gasteiger partial charge in [-0.25, -0.2) is 0 Å². The number of aliphatic hydroxyl groups is 1. The molecule has 2 atom stereocenters. The highest BCUT2D eigenvalue weighted by atomic mass is 16.3. The molecule has 120 valence electrons. The lowest BCUT2D eigenvalue weighted by molar-refractivity contribution is -0.139. The number of hydrogen-bond donors (Lipinski definition) is 5. The van der Waals surface area contributed by atoms with Crippen molar-refractivity contribution in [3.05, 3.63) is 0 Å². The van der Waals surface area contributed by atoms with Gasteiger partial charge < -0.3 is 27.2 Å². The number of primary amides is 1. The first-order chi connectivity index (χ1) is 9.83. The number of nitrogens with one attached hydrogen (secondary N) is 2. The molecule has 0 fully saturated rings. The predicted molar refractivity (Wildman–Crippen MR) is 73.7 cm³/mol. The van der Waals surface area contributed by atoms with Crippen LogP contribution in [0.5, 0.6) is 0 Å². The maximum absolute atomic E-state index is 11.5. The van der Waals surface area contributed by atoms with Crippen molar-refractivity contribution in [1.29, 1.82) is 0 Å². The highest BCUT2D eigenvalue weighted by Crippen LogP contribution is 1.95. The Morgan fingerprint density at radius 3 is 2.29 bits per heavy atom. The Morgan fingerprint density at radius 1 is 1.19 bits per heavy atom. The molecule has 0 saturated carbocycles. The van der Waals surface area contributed by atoms with E-state index in [0.29, 0.717) is 12.8 Å². The van der Waals surface area contributed by atoms with Gasteiger partial charge in [-0.3, -0.25) is 19.2 Å². The molecule has 0 bridgehead atoms. The van der Waals surface area contributed by atoms with E-state index in [2.05, 4.69) is 10.6 Å². The average Bonchev–Trinajstić information content (AvgIpc) is 2.43. The fraction of sp³-hybridized carbons (Fsp3) is 0.667. The summed E-state index contributed by atoms with van der Waals surface area (Å²) < 4.78 is 0. The monoisotopic (exact) mass is 302 g/mol. The predicted octanol–water partition coefficient (Wildman–Crippen LogP) is -2.85. The van der Waals surface area contributed by atoms with Crippen molar-refractivity contribution in [3.8, 4) is 0 Å². The smallest absolute Gasteiger partial charge is 0.289 e. The number of amides is 3. The Balaban J connectivity index is 4.26. The van der Waals surface area contributed by atoms with Gasteiger partial charge in [-0.1, -0.05) is 13.3 Å². The van der Waals surface area contributed by atoms with Gasteiger partial charge in [-0.05, 0) is 12.8 Å². The number of nitrogens with two attached hydrogens (primary N) is 2. The molecule has 0 radical (unpaired) electrons. The standard InChI is InChI=1S/C12H22N4O5/c1-2-3-7(13)10(19)12(21)15-6-9(18)16-8(4-5-17)11(14)20/h7-8,17H,2-6,13H2,1H3,(H2,14,20)(H,15,21)(H,16,18). The maximum Gasteiger partial charge on any atom is 0.289 e. The number of aliphatic hydroxyl groups excluding tert-OH is 1. The number of rotatable bonds is 10. The van der Waals surface area contributed by atoms with E-state index in [9.17, 15) is 19.2 Å². The van der Waals surface area contributed by atoms with Crippen LogP contribution in [-0.4, -0.2) is 53.8 Å². The van der Waals surface area contributed by atoms with Crippen molar-refractivity contribution in [2.75, 3.05) is 13.2 Å². The van der Waals surface area contributed by atoms with Crippen LogP contribution in [0.15, 0.2) is 0 Å². The Labute approximate surface area is 122 Å². The van der Waals surface area contributed by atoms with Gasteiger partial charge in [0, 0.05) is 6.61 Å². The van der Waals surface area contributed by atoms with Gasteiger partial charge in [0.25, 0.3) is 5.91 Å². The van der Waals surface area contributed by atoms with Gasteiger partial charge in [0.1, 0.15) is 6.04 Å². The van der Waals surface area contributed by atoms with Crippen LogP contribution >= 0.6 is 0 Å². The number of hydrogen-bond acceptors (Lipinski definition) is 6. The summed E-state index contributed by atoms with van der Waals surface area (Å²) >= 11 is 0. The van der Waals surface area contributed by atoms with E-state index >= 15 is 0 Å². The molecule has 0 aromatic carbocycles. The second-order valence-corrected chi connectivity index (χ2v) is 4.48. The SMILES string of the molecule is CCCC(N)C(=O)C(=O)NCC(=O)NC(CCO)C(N)=O. The zero-order chi connectivity index (χ0) is 16.4. The fourth-order valence-electron chi connectivity index (χ4n) is 1.52. The molecule has 3 amide bonds. The molecular formula is C12H22N4O5. The van der Waals surface area contributed by atoms with Gasteiger partial charge in [-0.15, -0.1) is 0 Å². The zero-order valence-electron chi connectivity index (χ0n) is 11.9. The van der Waals surface area contributed by atoms with E-state index in [1.54, 1.807) is 0 Å². The summed E-state index contributed by atoms with van der Waals surface area (Å²) in [4.78, 5) is 45.4. The molecule has 21 heavy (non-hydrogen) atoms. The third kappa shape index (κ3) is 7.37. The first kappa shape index (κ1) is 19.0. The molecule has 0 spiro atoms. The largest absolute Gasteiger partial charge is 0.396 e. The number of carbonyl (C=O) groups excluding carboxylic acids is 4. The Kier molecular flexibility index (Phi) is 8.90. The second kappa shape index (κ2) is 9.83. The molecule has 0 aromatic rings. The molecule has 0 aliphatic carbocycles. The Bertz CT molecular complexity index is 399. The van der Waals surface area contributed by atoms with Crippen LogP contribution in [0.25, 0.3) is 0 Å². The maximum atomic E-state index is 11.5. The van der Waals surface area contributed by atoms with E-state index in [0.717, 1.165) is 0 Å². The minimum atomic E-state index is -1.03. The van der Waals surface area contributed by atoms with Crippen molar-refractivity contribution in [2.24, 2.45) is 11.5 Å². The summed E-state index contributed by atoms with van der Waals surface area (Å²) in [5, 5.41) is 13.1. The third-order valence-electron chi connectivity index (χ3n) is 2.67. The van der Waals surface area contributed by atoms with Gasteiger partial charge >= 0.3 is 0 Å². The van der Waals surface area contributed by atoms with E-state index < -0.39 is 42.1 Å². The van der Waals surface area contributed by atoms with Crippen molar-refractivity contribution in [2.45, 2.75) is 38.3 Å². The molecule has 0 aliphatic rings.